The lowest BCUT2D eigenvalue weighted by atomic mass is 10.1. The molecule has 1 amide bonds. The number of rotatable bonds is 7. The van der Waals surface area contributed by atoms with Crippen LogP contribution in [0, 0.1) is 0 Å². The van der Waals surface area contributed by atoms with Gasteiger partial charge < -0.3 is 15.3 Å². The Kier molecular flexibility index (Phi) is 7.18. The van der Waals surface area contributed by atoms with Crippen LogP contribution < -0.4 is 5.32 Å². The molecule has 19 heavy (non-hydrogen) atoms. The van der Waals surface area contributed by atoms with Gasteiger partial charge in [-0.05, 0) is 25.7 Å². The topological polar surface area (TPSA) is 69.6 Å². The molecule has 0 saturated carbocycles. The van der Waals surface area contributed by atoms with Gasteiger partial charge in [0.25, 0.3) is 0 Å². The summed E-state index contributed by atoms with van der Waals surface area (Å²) in [5, 5.41) is 11.9. The van der Waals surface area contributed by atoms with Crippen LogP contribution in [0.5, 0.6) is 0 Å². The van der Waals surface area contributed by atoms with E-state index in [-0.39, 0.29) is 5.91 Å². The average Bonchev–Trinajstić information content (AvgIpc) is 2.43. The standard InChI is InChI=1S/C14H24N2O3/c1-2-12(14(18)19)6-8-15-9-7-13(17)16-10-4-3-5-11-16/h6,15H,2-5,7-11H2,1H3,(H,18,19). The third-order valence-corrected chi connectivity index (χ3v) is 3.37. The summed E-state index contributed by atoms with van der Waals surface area (Å²) in [7, 11) is 0. The van der Waals surface area contributed by atoms with Gasteiger partial charge in [-0.3, -0.25) is 4.79 Å². The van der Waals surface area contributed by atoms with Crippen molar-refractivity contribution in [3.05, 3.63) is 11.6 Å². The fourth-order valence-corrected chi connectivity index (χ4v) is 2.18. The van der Waals surface area contributed by atoms with Crippen molar-refractivity contribution in [3.63, 3.8) is 0 Å². The Morgan fingerprint density at radius 2 is 1.95 bits per heavy atom. The number of hydrogen-bond acceptors (Lipinski definition) is 3. The highest BCUT2D eigenvalue weighted by Gasteiger charge is 2.15. The van der Waals surface area contributed by atoms with Gasteiger partial charge in [-0.1, -0.05) is 13.0 Å². The fourth-order valence-electron chi connectivity index (χ4n) is 2.18. The molecule has 2 N–H and O–H groups in total. The predicted molar refractivity (Wildman–Crippen MR) is 73.9 cm³/mol. The minimum Gasteiger partial charge on any atom is -0.478 e. The highest BCUT2D eigenvalue weighted by molar-refractivity contribution is 5.86. The third kappa shape index (κ3) is 5.87. The molecule has 0 aromatic heterocycles. The smallest absolute Gasteiger partial charge is 0.331 e. The number of piperidine rings is 1. The summed E-state index contributed by atoms with van der Waals surface area (Å²) < 4.78 is 0. The van der Waals surface area contributed by atoms with Gasteiger partial charge in [-0.25, -0.2) is 4.79 Å². The Morgan fingerprint density at radius 1 is 1.26 bits per heavy atom. The number of carbonyl (C=O) groups is 2. The molecule has 1 rings (SSSR count). The Morgan fingerprint density at radius 3 is 2.53 bits per heavy atom. The van der Waals surface area contributed by atoms with Gasteiger partial charge in [0, 0.05) is 38.2 Å². The first-order chi connectivity index (χ1) is 9.15. The van der Waals surface area contributed by atoms with Gasteiger partial charge in [0.05, 0.1) is 0 Å². The SMILES string of the molecule is CCC(=CCNCCC(=O)N1CCCCC1)C(=O)O. The summed E-state index contributed by atoms with van der Waals surface area (Å²) in [6, 6.07) is 0. The highest BCUT2D eigenvalue weighted by atomic mass is 16.4. The quantitative estimate of drug-likeness (QED) is 0.541. The summed E-state index contributed by atoms with van der Waals surface area (Å²) in [6.45, 7) is 4.69. The van der Waals surface area contributed by atoms with E-state index in [9.17, 15) is 9.59 Å². The van der Waals surface area contributed by atoms with Gasteiger partial charge >= 0.3 is 5.97 Å². The predicted octanol–water partition coefficient (Wildman–Crippen LogP) is 1.40. The molecule has 0 radical (unpaired) electrons. The van der Waals surface area contributed by atoms with E-state index < -0.39 is 5.97 Å². The van der Waals surface area contributed by atoms with Crippen molar-refractivity contribution < 1.29 is 14.7 Å². The fraction of sp³-hybridized carbons (Fsp3) is 0.714. The van der Waals surface area contributed by atoms with E-state index in [0.717, 1.165) is 25.9 Å². The highest BCUT2D eigenvalue weighted by Crippen LogP contribution is 2.09. The summed E-state index contributed by atoms with van der Waals surface area (Å²) in [5.41, 5.74) is 0.412. The molecule has 0 atom stereocenters. The second kappa shape index (κ2) is 8.69. The lowest BCUT2D eigenvalue weighted by Gasteiger charge is -2.26. The number of nitrogens with zero attached hydrogens (tertiary/aromatic N) is 1. The molecular weight excluding hydrogens is 244 g/mol. The van der Waals surface area contributed by atoms with E-state index >= 15 is 0 Å². The summed E-state index contributed by atoms with van der Waals surface area (Å²) >= 11 is 0. The number of amides is 1. The first kappa shape index (κ1) is 15.7. The van der Waals surface area contributed by atoms with Crippen LogP contribution in [0.4, 0.5) is 0 Å². The molecular formula is C14H24N2O3. The van der Waals surface area contributed by atoms with E-state index in [1.54, 1.807) is 6.08 Å². The zero-order valence-corrected chi connectivity index (χ0v) is 11.7. The molecule has 5 nitrogen and oxygen atoms in total. The van der Waals surface area contributed by atoms with Crippen molar-refractivity contribution >= 4 is 11.9 Å². The molecule has 1 fully saturated rings. The van der Waals surface area contributed by atoms with Crippen LogP contribution in [-0.4, -0.2) is 48.1 Å². The Hall–Kier alpha value is -1.36. The molecule has 5 heteroatoms. The minimum atomic E-state index is -0.867. The Labute approximate surface area is 114 Å². The van der Waals surface area contributed by atoms with Crippen molar-refractivity contribution in [1.29, 1.82) is 0 Å². The van der Waals surface area contributed by atoms with Crippen molar-refractivity contribution in [2.75, 3.05) is 26.2 Å². The lowest BCUT2D eigenvalue weighted by molar-refractivity contribution is -0.133. The zero-order valence-electron chi connectivity index (χ0n) is 11.7. The normalized spacial score (nSPS) is 16.5. The van der Waals surface area contributed by atoms with Crippen LogP contribution in [0.3, 0.4) is 0 Å². The summed E-state index contributed by atoms with van der Waals surface area (Å²) in [4.78, 5) is 24.5. The second-order valence-electron chi connectivity index (χ2n) is 4.78. The van der Waals surface area contributed by atoms with E-state index in [0.29, 0.717) is 31.5 Å². The first-order valence-electron chi connectivity index (χ1n) is 7.06. The monoisotopic (exact) mass is 268 g/mol. The molecule has 108 valence electrons. The number of carboxylic acids is 1. The summed E-state index contributed by atoms with van der Waals surface area (Å²) in [6.07, 6.45) is 6.13. The van der Waals surface area contributed by atoms with E-state index in [4.69, 9.17) is 5.11 Å². The van der Waals surface area contributed by atoms with Crippen molar-refractivity contribution in [2.24, 2.45) is 0 Å². The van der Waals surface area contributed by atoms with Gasteiger partial charge in [-0.2, -0.15) is 0 Å². The number of likely N-dealkylation sites (tertiary alicyclic amines) is 1. The number of hydrogen-bond donors (Lipinski definition) is 2. The van der Waals surface area contributed by atoms with E-state index in [1.807, 2.05) is 11.8 Å². The number of carboxylic acid groups (broad SMARTS) is 1. The van der Waals surface area contributed by atoms with Crippen molar-refractivity contribution in [3.8, 4) is 0 Å². The van der Waals surface area contributed by atoms with Gasteiger partial charge in [0.15, 0.2) is 0 Å². The van der Waals surface area contributed by atoms with Crippen molar-refractivity contribution in [2.45, 2.75) is 39.0 Å². The van der Waals surface area contributed by atoms with Crippen LogP contribution in [0.1, 0.15) is 39.0 Å². The lowest BCUT2D eigenvalue weighted by Crippen LogP contribution is -2.37. The maximum Gasteiger partial charge on any atom is 0.331 e. The minimum absolute atomic E-state index is 0.199. The van der Waals surface area contributed by atoms with Gasteiger partial charge in [-0.15, -0.1) is 0 Å². The van der Waals surface area contributed by atoms with Crippen LogP contribution in [-0.2, 0) is 9.59 Å². The largest absolute Gasteiger partial charge is 0.478 e. The van der Waals surface area contributed by atoms with Gasteiger partial charge in [0.2, 0.25) is 5.91 Å². The number of aliphatic carboxylic acids is 1. The van der Waals surface area contributed by atoms with Crippen LogP contribution in [0.2, 0.25) is 0 Å². The zero-order chi connectivity index (χ0) is 14.1. The third-order valence-electron chi connectivity index (χ3n) is 3.37. The van der Waals surface area contributed by atoms with Crippen LogP contribution >= 0.6 is 0 Å². The average molecular weight is 268 g/mol. The van der Waals surface area contributed by atoms with Crippen molar-refractivity contribution in [1.82, 2.24) is 10.2 Å². The maximum atomic E-state index is 11.8. The Balaban J connectivity index is 2.16. The number of nitrogens with one attached hydrogen (secondary N) is 1. The molecule has 0 aromatic carbocycles. The molecule has 1 aliphatic heterocycles. The maximum absolute atomic E-state index is 11.8. The van der Waals surface area contributed by atoms with E-state index in [1.165, 1.54) is 6.42 Å². The van der Waals surface area contributed by atoms with Gasteiger partial charge in [0.1, 0.15) is 0 Å². The molecule has 1 heterocycles. The summed E-state index contributed by atoms with van der Waals surface area (Å²) in [5.74, 6) is -0.668. The Bertz CT molecular complexity index is 334. The second-order valence-corrected chi connectivity index (χ2v) is 4.78. The number of carbonyl (C=O) groups excluding carboxylic acids is 1. The molecule has 0 spiro atoms. The van der Waals surface area contributed by atoms with E-state index in [2.05, 4.69) is 5.32 Å². The van der Waals surface area contributed by atoms with Crippen LogP contribution in [0.25, 0.3) is 0 Å². The molecule has 1 saturated heterocycles. The molecule has 1 aliphatic rings. The molecule has 0 unspecified atom stereocenters. The first-order valence-corrected chi connectivity index (χ1v) is 7.06. The molecule has 0 aliphatic carbocycles. The molecule has 0 aromatic rings. The molecule has 0 bridgehead atoms. The van der Waals surface area contributed by atoms with Crippen LogP contribution in [0.15, 0.2) is 11.6 Å².